The highest BCUT2D eigenvalue weighted by molar-refractivity contribution is 6.05. The van der Waals surface area contributed by atoms with E-state index in [1.807, 2.05) is 60.8 Å². The lowest BCUT2D eigenvalue weighted by Gasteiger charge is -2.31. The molecule has 1 amide bonds. The monoisotopic (exact) mass is 474 g/mol. The zero-order chi connectivity index (χ0) is 24.3. The Kier molecular flexibility index (Phi) is 5.89. The SMILES string of the molecule is O=C(Nc1ccccc1N1CCNCC1)c1ccn2ncc(-c3ccccc3-c3ccccc3)c2n1. The zero-order valence-electron chi connectivity index (χ0n) is 19.8. The minimum absolute atomic E-state index is 0.247. The maximum Gasteiger partial charge on any atom is 0.274 e. The Bertz CT molecular complexity index is 1520. The summed E-state index contributed by atoms with van der Waals surface area (Å²) in [6, 6.07) is 28.1. The van der Waals surface area contributed by atoms with E-state index in [1.165, 1.54) is 0 Å². The Morgan fingerprint density at radius 2 is 1.53 bits per heavy atom. The van der Waals surface area contributed by atoms with Crippen molar-refractivity contribution in [3.05, 3.63) is 103 Å². The number of carbonyl (C=O) groups is 1. The van der Waals surface area contributed by atoms with Crippen LogP contribution in [0.3, 0.4) is 0 Å². The molecule has 0 atom stereocenters. The van der Waals surface area contributed by atoms with Crippen molar-refractivity contribution in [3.8, 4) is 22.3 Å². The van der Waals surface area contributed by atoms with Gasteiger partial charge in [0.15, 0.2) is 5.65 Å². The Balaban J connectivity index is 1.34. The third-order valence-electron chi connectivity index (χ3n) is 6.51. The van der Waals surface area contributed by atoms with Crippen molar-refractivity contribution in [1.82, 2.24) is 19.9 Å². The van der Waals surface area contributed by atoms with Crippen LogP contribution in [0.5, 0.6) is 0 Å². The van der Waals surface area contributed by atoms with Crippen molar-refractivity contribution in [3.63, 3.8) is 0 Å². The summed E-state index contributed by atoms with van der Waals surface area (Å²) >= 11 is 0. The van der Waals surface area contributed by atoms with Crippen molar-refractivity contribution in [1.29, 1.82) is 0 Å². The minimum atomic E-state index is -0.247. The van der Waals surface area contributed by atoms with Crippen LogP contribution in [0.15, 0.2) is 97.3 Å². The first-order chi connectivity index (χ1) is 17.8. The van der Waals surface area contributed by atoms with Crippen LogP contribution in [-0.4, -0.2) is 46.7 Å². The van der Waals surface area contributed by atoms with Gasteiger partial charge in [-0.2, -0.15) is 5.10 Å². The molecule has 1 aliphatic rings. The van der Waals surface area contributed by atoms with Gasteiger partial charge in [-0.1, -0.05) is 66.7 Å². The van der Waals surface area contributed by atoms with Crippen LogP contribution in [0.25, 0.3) is 27.9 Å². The fraction of sp³-hybridized carbons (Fsp3) is 0.138. The van der Waals surface area contributed by atoms with Crippen molar-refractivity contribution in [2.45, 2.75) is 0 Å². The number of nitrogens with zero attached hydrogens (tertiary/aromatic N) is 4. The summed E-state index contributed by atoms with van der Waals surface area (Å²) in [5.41, 5.74) is 6.90. The Morgan fingerprint density at radius 1 is 0.806 bits per heavy atom. The molecule has 3 aromatic carbocycles. The van der Waals surface area contributed by atoms with Crippen molar-refractivity contribution >= 4 is 22.9 Å². The second-order valence-electron chi connectivity index (χ2n) is 8.76. The molecule has 7 heteroatoms. The van der Waals surface area contributed by atoms with Gasteiger partial charge in [0.25, 0.3) is 5.91 Å². The highest BCUT2D eigenvalue weighted by atomic mass is 16.1. The molecule has 0 radical (unpaired) electrons. The summed E-state index contributed by atoms with van der Waals surface area (Å²) in [4.78, 5) is 20.4. The zero-order valence-corrected chi connectivity index (χ0v) is 19.8. The van der Waals surface area contributed by atoms with Crippen LogP contribution >= 0.6 is 0 Å². The molecule has 2 aromatic heterocycles. The fourth-order valence-electron chi connectivity index (χ4n) is 4.72. The summed E-state index contributed by atoms with van der Waals surface area (Å²) in [6.45, 7) is 3.65. The van der Waals surface area contributed by atoms with E-state index < -0.39 is 0 Å². The smallest absolute Gasteiger partial charge is 0.274 e. The lowest BCUT2D eigenvalue weighted by molar-refractivity contribution is 0.102. The molecule has 1 saturated heterocycles. The fourth-order valence-corrected chi connectivity index (χ4v) is 4.72. The molecular weight excluding hydrogens is 448 g/mol. The molecule has 0 saturated carbocycles. The van der Waals surface area contributed by atoms with E-state index in [2.05, 4.69) is 44.9 Å². The third kappa shape index (κ3) is 4.21. The number of piperazine rings is 1. The normalized spacial score (nSPS) is 13.6. The standard InChI is InChI=1S/C29H26N6O/c36-29(33-25-12-6-7-13-27(25)34-18-15-30-16-19-34)26-14-17-35-28(32-26)24(20-31-35)23-11-5-4-10-22(23)21-8-2-1-3-9-21/h1-14,17,20,30H,15-16,18-19H2,(H,33,36). The number of benzene rings is 3. The van der Waals surface area contributed by atoms with Crippen molar-refractivity contribution in [2.75, 3.05) is 36.4 Å². The number of para-hydroxylation sites is 2. The average molecular weight is 475 g/mol. The number of hydrogen-bond donors (Lipinski definition) is 2. The first kappa shape index (κ1) is 22.0. The first-order valence-electron chi connectivity index (χ1n) is 12.1. The third-order valence-corrected chi connectivity index (χ3v) is 6.51. The van der Waals surface area contributed by atoms with Gasteiger partial charge in [-0.05, 0) is 34.9 Å². The summed E-state index contributed by atoms with van der Waals surface area (Å²) in [5.74, 6) is -0.247. The molecule has 0 bridgehead atoms. The van der Waals surface area contributed by atoms with Gasteiger partial charge in [0.05, 0.1) is 17.6 Å². The molecule has 0 aliphatic carbocycles. The highest BCUT2D eigenvalue weighted by Crippen LogP contribution is 2.34. The number of aromatic nitrogens is 3. The summed E-state index contributed by atoms with van der Waals surface area (Å²) in [5, 5.41) is 11.0. The van der Waals surface area contributed by atoms with Gasteiger partial charge in [-0.15, -0.1) is 0 Å². The number of nitrogens with one attached hydrogen (secondary N) is 2. The quantitative estimate of drug-likeness (QED) is 0.385. The van der Waals surface area contributed by atoms with Crippen LogP contribution < -0.4 is 15.5 Å². The van der Waals surface area contributed by atoms with E-state index in [-0.39, 0.29) is 5.91 Å². The topological polar surface area (TPSA) is 74.6 Å². The predicted molar refractivity (Wildman–Crippen MR) is 143 cm³/mol. The Hall–Kier alpha value is -4.49. The number of hydrogen-bond acceptors (Lipinski definition) is 5. The number of rotatable bonds is 5. The molecule has 0 unspecified atom stereocenters. The molecule has 2 N–H and O–H groups in total. The van der Waals surface area contributed by atoms with Crippen LogP contribution in [0.4, 0.5) is 11.4 Å². The molecule has 178 valence electrons. The molecule has 0 spiro atoms. The molecule has 3 heterocycles. The summed E-state index contributed by atoms with van der Waals surface area (Å²) < 4.78 is 1.71. The maximum absolute atomic E-state index is 13.3. The van der Waals surface area contributed by atoms with Crippen LogP contribution in [0, 0.1) is 0 Å². The first-order valence-corrected chi connectivity index (χ1v) is 12.1. The molecule has 36 heavy (non-hydrogen) atoms. The Labute approximate surface area is 209 Å². The maximum atomic E-state index is 13.3. The van der Waals surface area contributed by atoms with Gasteiger partial charge in [0.2, 0.25) is 0 Å². The van der Waals surface area contributed by atoms with Gasteiger partial charge in [0.1, 0.15) is 5.69 Å². The molecule has 1 fully saturated rings. The van der Waals surface area contributed by atoms with E-state index in [4.69, 9.17) is 4.98 Å². The molecule has 6 rings (SSSR count). The van der Waals surface area contributed by atoms with Crippen LogP contribution in [0.2, 0.25) is 0 Å². The van der Waals surface area contributed by atoms with Gasteiger partial charge in [0, 0.05) is 37.9 Å². The highest BCUT2D eigenvalue weighted by Gasteiger charge is 2.18. The number of fused-ring (bicyclic) bond motifs is 1. The lowest BCUT2D eigenvalue weighted by atomic mass is 9.96. The van der Waals surface area contributed by atoms with Gasteiger partial charge in [-0.25, -0.2) is 9.50 Å². The molecule has 1 aliphatic heterocycles. The summed E-state index contributed by atoms with van der Waals surface area (Å²) in [6.07, 6.45) is 3.60. The van der Waals surface area contributed by atoms with E-state index in [1.54, 1.807) is 16.8 Å². The molecule has 5 aromatic rings. The van der Waals surface area contributed by atoms with Crippen LogP contribution in [-0.2, 0) is 0 Å². The van der Waals surface area contributed by atoms with E-state index in [0.717, 1.165) is 59.8 Å². The average Bonchev–Trinajstić information content (AvgIpc) is 3.37. The number of carbonyl (C=O) groups excluding carboxylic acids is 1. The predicted octanol–water partition coefficient (Wildman–Crippen LogP) is 4.73. The van der Waals surface area contributed by atoms with Gasteiger partial charge in [-0.3, -0.25) is 4.79 Å². The largest absolute Gasteiger partial charge is 0.367 e. The van der Waals surface area contributed by atoms with Crippen LogP contribution in [0.1, 0.15) is 10.5 Å². The lowest BCUT2D eigenvalue weighted by Crippen LogP contribution is -2.43. The Morgan fingerprint density at radius 3 is 2.36 bits per heavy atom. The van der Waals surface area contributed by atoms with E-state index in [9.17, 15) is 4.79 Å². The van der Waals surface area contributed by atoms with E-state index >= 15 is 0 Å². The van der Waals surface area contributed by atoms with E-state index in [0.29, 0.717) is 11.3 Å². The van der Waals surface area contributed by atoms with Gasteiger partial charge < -0.3 is 15.5 Å². The molecule has 7 nitrogen and oxygen atoms in total. The summed E-state index contributed by atoms with van der Waals surface area (Å²) in [7, 11) is 0. The minimum Gasteiger partial charge on any atom is -0.367 e. The number of anilines is 2. The van der Waals surface area contributed by atoms with Gasteiger partial charge >= 0.3 is 0 Å². The van der Waals surface area contributed by atoms with Crippen molar-refractivity contribution < 1.29 is 4.79 Å². The second kappa shape index (κ2) is 9.64. The van der Waals surface area contributed by atoms with Crippen molar-refractivity contribution in [2.24, 2.45) is 0 Å². The number of amides is 1. The second-order valence-corrected chi connectivity index (χ2v) is 8.76. The molecular formula is C29H26N6O.